The van der Waals surface area contributed by atoms with Crippen molar-refractivity contribution in [2.45, 2.75) is 32.7 Å². The van der Waals surface area contributed by atoms with E-state index in [4.69, 9.17) is 4.42 Å². The molecule has 0 saturated carbocycles. The van der Waals surface area contributed by atoms with Crippen molar-refractivity contribution < 1.29 is 14.0 Å². The van der Waals surface area contributed by atoms with Gasteiger partial charge >= 0.3 is 12.0 Å². The Morgan fingerprint density at radius 3 is 2.73 bits per heavy atom. The fourth-order valence-corrected chi connectivity index (χ4v) is 5.81. The molecule has 188 valence electrons. The fourth-order valence-electron chi connectivity index (χ4n) is 4.78. The Bertz CT molecular complexity index is 1490. The first kappa shape index (κ1) is 23.1. The lowest BCUT2D eigenvalue weighted by atomic mass is 10.1. The smallest absolute Gasteiger partial charge is 0.326 e. The maximum Gasteiger partial charge on any atom is 0.326 e. The van der Waals surface area contributed by atoms with Crippen LogP contribution in [0.25, 0.3) is 16.0 Å². The van der Waals surface area contributed by atoms with Gasteiger partial charge < -0.3 is 14.6 Å². The number of imide groups is 1. The minimum Gasteiger partial charge on any atom is -0.421 e. The van der Waals surface area contributed by atoms with Crippen LogP contribution in [0.2, 0.25) is 0 Å². The minimum absolute atomic E-state index is 0.301. The maximum absolute atomic E-state index is 12.2. The van der Waals surface area contributed by atoms with Crippen LogP contribution in [0.15, 0.2) is 64.7 Å². The zero-order valence-electron chi connectivity index (χ0n) is 20.3. The number of nitrogens with zero attached hydrogens (tertiary/aromatic N) is 2. The van der Waals surface area contributed by atoms with E-state index in [9.17, 15) is 9.59 Å². The average Bonchev–Trinajstić information content (AvgIpc) is 3.65. The molecule has 0 unspecified atom stereocenters. The first-order valence-electron chi connectivity index (χ1n) is 12.3. The second kappa shape index (κ2) is 9.62. The number of aromatic nitrogens is 1. The number of fused-ring (bicyclic) bond motifs is 2. The van der Waals surface area contributed by atoms with Crippen molar-refractivity contribution in [3.8, 4) is 0 Å². The van der Waals surface area contributed by atoms with E-state index >= 15 is 0 Å². The Hall–Kier alpha value is -4.31. The number of urea groups is 1. The Labute approximate surface area is 217 Å². The van der Waals surface area contributed by atoms with Gasteiger partial charge in [-0.1, -0.05) is 43.7 Å². The Morgan fingerprint density at radius 1 is 1.11 bits per heavy atom. The quantitative estimate of drug-likeness (QED) is 0.145. The van der Waals surface area contributed by atoms with Crippen LogP contribution in [0, 0.1) is 0 Å². The molecule has 0 aliphatic carbocycles. The molecule has 0 radical (unpaired) electrons. The van der Waals surface area contributed by atoms with E-state index in [1.165, 1.54) is 28.2 Å². The lowest BCUT2D eigenvalue weighted by Crippen LogP contribution is -2.22. The van der Waals surface area contributed by atoms with E-state index in [0.717, 1.165) is 42.1 Å². The summed E-state index contributed by atoms with van der Waals surface area (Å²) >= 11 is 1.43. The molecule has 10 heteroatoms. The van der Waals surface area contributed by atoms with Gasteiger partial charge in [0.25, 0.3) is 5.91 Å². The third kappa shape index (κ3) is 4.63. The average molecular weight is 515 g/mol. The number of rotatable bonds is 8. The van der Waals surface area contributed by atoms with Crippen LogP contribution >= 0.6 is 11.3 Å². The molecule has 2 aromatic heterocycles. The zero-order valence-corrected chi connectivity index (χ0v) is 21.1. The number of hydrogen-bond acceptors (Lipinski definition) is 8. The molecule has 0 spiro atoms. The molecule has 3 amide bonds. The number of nitrogens with one attached hydrogen (secondary N) is 4. The van der Waals surface area contributed by atoms with Crippen LogP contribution < -0.4 is 26.4 Å². The summed E-state index contributed by atoms with van der Waals surface area (Å²) in [6.45, 7) is 3.93. The zero-order chi connectivity index (χ0) is 25.4. The SMILES string of the molecule is CCC/C(=C1\NC(=O)NC1=O)c1cc2oc(NNc3ccc4c(c3)CCN4Cc3ccccc3)nc2s1. The van der Waals surface area contributed by atoms with Gasteiger partial charge in [-0.2, -0.15) is 4.98 Å². The number of amides is 3. The van der Waals surface area contributed by atoms with Crippen molar-refractivity contribution in [1.29, 1.82) is 0 Å². The maximum atomic E-state index is 12.2. The van der Waals surface area contributed by atoms with Gasteiger partial charge in [0.15, 0.2) is 10.4 Å². The van der Waals surface area contributed by atoms with Crippen LogP contribution in [-0.4, -0.2) is 23.5 Å². The monoisotopic (exact) mass is 514 g/mol. The summed E-state index contributed by atoms with van der Waals surface area (Å²) in [5.41, 5.74) is 12.8. The lowest BCUT2D eigenvalue weighted by Gasteiger charge is -2.19. The highest BCUT2D eigenvalue weighted by atomic mass is 32.1. The first-order chi connectivity index (χ1) is 18.1. The van der Waals surface area contributed by atoms with Crippen LogP contribution in [-0.2, 0) is 17.8 Å². The van der Waals surface area contributed by atoms with E-state index in [0.29, 0.717) is 28.5 Å². The largest absolute Gasteiger partial charge is 0.421 e. The molecular weight excluding hydrogens is 488 g/mol. The second-order valence-electron chi connectivity index (χ2n) is 9.06. The molecule has 4 aromatic rings. The predicted octanol–water partition coefficient (Wildman–Crippen LogP) is 5.24. The highest BCUT2D eigenvalue weighted by molar-refractivity contribution is 7.19. The number of carbonyl (C=O) groups is 2. The van der Waals surface area contributed by atoms with Crippen molar-refractivity contribution >= 4 is 56.7 Å². The minimum atomic E-state index is -0.500. The Morgan fingerprint density at radius 2 is 1.97 bits per heavy atom. The summed E-state index contributed by atoms with van der Waals surface area (Å²) in [5.74, 6) is -0.407. The summed E-state index contributed by atoms with van der Waals surface area (Å²) in [6.07, 6.45) is 2.49. The summed E-state index contributed by atoms with van der Waals surface area (Å²) in [7, 11) is 0. The summed E-state index contributed by atoms with van der Waals surface area (Å²) in [4.78, 5) is 32.3. The molecule has 4 heterocycles. The number of thiophene rings is 1. The molecule has 9 nitrogen and oxygen atoms in total. The van der Waals surface area contributed by atoms with Crippen LogP contribution in [0.4, 0.5) is 22.2 Å². The first-order valence-corrected chi connectivity index (χ1v) is 13.1. The number of anilines is 3. The van der Waals surface area contributed by atoms with Gasteiger partial charge in [-0.05, 0) is 47.7 Å². The predicted molar refractivity (Wildman–Crippen MR) is 145 cm³/mol. The van der Waals surface area contributed by atoms with Crippen molar-refractivity contribution in [3.05, 3.63) is 76.3 Å². The summed E-state index contributed by atoms with van der Waals surface area (Å²) < 4.78 is 5.89. The molecule has 0 bridgehead atoms. The number of hydrazine groups is 1. The van der Waals surface area contributed by atoms with Gasteiger partial charge in [-0.25, -0.2) is 4.79 Å². The van der Waals surface area contributed by atoms with Crippen molar-refractivity contribution in [1.82, 2.24) is 15.6 Å². The fraction of sp³-hybridized carbons (Fsp3) is 0.222. The van der Waals surface area contributed by atoms with Crippen molar-refractivity contribution in [2.75, 3.05) is 22.3 Å². The Kier molecular flexibility index (Phi) is 6.01. The van der Waals surface area contributed by atoms with E-state index < -0.39 is 11.9 Å². The number of benzene rings is 2. The molecule has 2 aliphatic heterocycles. The highest BCUT2D eigenvalue weighted by Crippen LogP contribution is 2.36. The highest BCUT2D eigenvalue weighted by Gasteiger charge is 2.28. The topological polar surface area (TPSA) is 112 Å². The van der Waals surface area contributed by atoms with Gasteiger partial charge in [-0.3, -0.25) is 21.0 Å². The molecule has 1 fully saturated rings. The summed E-state index contributed by atoms with van der Waals surface area (Å²) in [5, 5.41) is 4.89. The molecule has 2 aromatic carbocycles. The van der Waals surface area contributed by atoms with Crippen LogP contribution in [0.1, 0.15) is 35.8 Å². The lowest BCUT2D eigenvalue weighted by molar-refractivity contribution is -0.115. The molecule has 0 atom stereocenters. The van der Waals surface area contributed by atoms with E-state index in [1.54, 1.807) is 0 Å². The van der Waals surface area contributed by atoms with Crippen LogP contribution in [0.5, 0.6) is 0 Å². The Balaban J connectivity index is 1.14. The van der Waals surface area contributed by atoms with Crippen molar-refractivity contribution in [3.63, 3.8) is 0 Å². The number of carbonyl (C=O) groups excluding carboxylic acids is 2. The molecular formula is C27H26N6O3S. The van der Waals surface area contributed by atoms with E-state index in [-0.39, 0.29) is 0 Å². The molecule has 1 saturated heterocycles. The number of allylic oxidation sites excluding steroid dienone is 1. The van der Waals surface area contributed by atoms with Crippen LogP contribution in [0.3, 0.4) is 0 Å². The van der Waals surface area contributed by atoms with E-state index in [2.05, 4.69) is 67.8 Å². The molecule has 37 heavy (non-hydrogen) atoms. The van der Waals surface area contributed by atoms with Gasteiger partial charge in [-0.15, -0.1) is 11.3 Å². The second-order valence-corrected chi connectivity index (χ2v) is 10.1. The van der Waals surface area contributed by atoms with E-state index in [1.807, 2.05) is 25.1 Å². The third-order valence-electron chi connectivity index (χ3n) is 6.48. The van der Waals surface area contributed by atoms with Gasteiger partial charge in [0.1, 0.15) is 5.70 Å². The third-order valence-corrected chi connectivity index (χ3v) is 7.55. The molecule has 4 N–H and O–H groups in total. The van der Waals surface area contributed by atoms with Crippen molar-refractivity contribution in [2.24, 2.45) is 0 Å². The van der Waals surface area contributed by atoms with Gasteiger partial charge in [0.05, 0.1) is 5.69 Å². The van der Waals surface area contributed by atoms with Gasteiger partial charge in [0.2, 0.25) is 0 Å². The van der Waals surface area contributed by atoms with Gasteiger partial charge in [0, 0.05) is 29.7 Å². The number of oxazole rings is 1. The number of hydrogen-bond donors (Lipinski definition) is 4. The standard InChI is InChI=1S/C27H26N6O3S/c1-2-6-19(23-24(34)29-26(35)28-23)22-14-21-25(37-22)30-27(36-21)32-31-18-9-10-20-17(13-18)11-12-33(20)15-16-7-4-3-5-8-16/h3-5,7-10,13-14,31H,2,6,11-12,15H2,1H3,(H,30,32)(H2,28,29,34,35)/b23-19+. The molecule has 6 rings (SSSR count). The normalized spacial score (nSPS) is 16.1. The summed E-state index contributed by atoms with van der Waals surface area (Å²) in [6, 6.07) is 18.6. The molecule has 2 aliphatic rings.